The second-order valence-corrected chi connectivity index (χ2v) is 8.13. The number of aromatic nitrogens is 4. The zero-order valence-electron chi connectivity index (χ0n) is 15.3. The lowest BCUT2D eigenvalue weighted by atomic mass is 10.0. The number of nitrogens with zero attached hydrogens (tertiary/aromatic N) is 4. The van der Waals surface area contributed by atoms with Crippen molar-refractivity contribution >= 4 is 21.6 Å². The van der Waals surface area contributed by atoms with Crippen molar-refractivity contribution in [1.29, 1.82) is 0 Å². The molecule has 2 aromatic carbocycles. The molecule has 0 aliphatic heterocycles. The number of benzene rings is 2. The van der Waals surface area contributed by atoms with E-state index in [4.69, 9.17) is 11.5 Å². The highest BCUT2D eigenvalue weighted by atomic mass is 32.2. The molecule has 2 heterocycles. The minimum Gasteiger partial charge on any atom is -0.482 e. The Kier molecular flexibility index (Phi) is 4.84. The second-order valence-electron chi connectivity index (χ2n) is 6.27. The van der Waals surface area contributed by atoms with Crippen molar-refractivity contribution in [2.24, 2.45) is 0 Å². The molecule has 0 saturated heterocycles. The van der Waals surface area contributed by atoms with E-state index >= 15 is 0 Å². The minimum atomic E-state index is -4.05. The summed E-state index contributed by atoms with van der Waals surface area (Å²) in [6.07, 6.45) is 3.83. The fourth-order valence-corrected chi connectivity index (χ4v) is 4.34. The number of nitrogens with one attached hydrogen (secondary N) is 1. The lowest BCUT2D eigenvalue weighted by Gasteiger charge is -2.13. The molecule has 8 nitrogen and oxygen atoms in total. The van der Waals surface area contributed by atoms with E-state index in [0.717, 1.165) is 12.4 Å². The molecule has 3 N–H and O–H groups in total. The van der Waals surface area contributed by atoms with Gasteiger partial charge in [-0.2, -0.15) is 0 Å². The van der Waals surface area contributed by atoms with Crippen LogP contribution < -0.4 is 5.73 Å². The van der Waals surface area contributed by atoms with Crippen LogP contribution in [0.3, 0.4) is 0 Å². The van der Waals surface area contributed by atoms with Gasteiger partial charge in [-0.05, 0) is 23.8 Å². The molecule has 0 saturated carbocycles. The van der Waals surface area contributed by atoms with Gasteiger partial charge in [0.15, 0.2) is 5.03 Å². The van der Waals surface area contributed by atoms with Crippen molar-refractivity contribution in [1.82, 2.24) is 19.9 Å². The molecular formula is C20H14FN6O2S-. The van der Waals surface area contributed by atoms with Crippen LogP contribution in [0, 0.1) is 5.82 Å². The van der Waals surface area contributed by atoms with E-state index in [-0.39, 0.29) is 27.3 Å². The van der Waals surface area contributed by atoms with Crippen molar-refractivity contribution in [2.45, 2.75) is 9.92 Å². The maximum absolute atomic E-state index is 14.8. The Morgan fingerprint density at radius 3 is 2.30 bits per heavy atom. The van der Waals surface area contributed by atoms with Gasteiger partial charge >= 0.3 is 0 Å². The molecular weight excluding hydrogens is 407 g/mol. The third-order valence-corrected chi connectivity index (χ3v) is 6.07. The van der Waals surface area contributed by atoms with Gasteiger partial charge in [0.2, 0.25) is 15.8 Å². The highest BCUT2D eigenvalue weighted by Crippen LogP contribution is 2.33. The van der Waals surface area contributed by atoms with E-state index in [9.17, 15) is 12.8 Å². The number of hydrogen-bond donors (Lipinski definition) is 1. The van der Waals surface area contributed by atoms with Gasteiger partial charge in [0.05, 0.1) is 4.90 Å². The summed E-state index contributed by atoms with van der Waals surface area (Å²) in [4.78, 5) is 15.1. The zero-order valence-corrected chi connectivity index (χ0v) is 16.1. The molecule has 0 unspecified atom stereocenters. The van der Waals surface area contributed by atoms with E-state index in [2.05, 4.69) is 19.9 Å². The standard InChI is InChI=1S/C20H14FN6O2S/c21-16-7-12(5-6-14(16)13-9-24-20(23)25-10-13)15-3-1-2-4-17(15)30(28,29)19-8-18(22)26-11-27-19/h1-11H,(H3-,22,23,24,25,26,27)/q-1. The van der Waals surface area contributed by atoms with Gasteiger partial charge in [0.1, 0.15) is 5.82 Å². The van der Waals surface area contributed by atoms with Crippen LogP contribution in [-0.2, 0) is 9.84 Å². The van der Waals surface area contributed by atoms with Crippen LogP contribution in [0.2, 0.25) is 0 Å². The monoisotopic (exact) mass is 421 g/mol. The summed E-state index contributed by atoms with van der Waals surface area (Å²) in [5, 5.41) is -0.300. The Morgan fingerprint density at radius 1 is 0.867 bits per heavy atom. The lowest BCUT2D eigenvalue weighted by Crippen LogP contribution is -2.06. The summed E-state index contributed by atoms with van der Waals surface area (Å²) >= 11 is 0. The van der Waals surface area contributed by atoms with Crippen molar-refractivity contribution in [3.63, 3.8) is 0 Å². The largest absolute Gasteiger partial charge is 0.482 e. The van der Waals surface area contributed by atoms with Gasteiger partial charge in [0, 0.05) is 35.4 Å². The first kappa shape index (κ1) is 19.4. The maximum atomic E-state index is 14.8. The fourth-order valence-electron chi connectivity index (χ4n) is 2.93. The maximum Gasteiger partial charge on any atom is 0.224 e. The Balaban J connectivity index is 1.81. The predicted octanol–water partition coefficient (Wildman–Crippen LogP) is 3.84. The summed E-state index contributed by atoms with van der Waals surface area (Å²) in [6, 6.07) is 11.7. The predicted molar refractivity (Wildman–Crippen MR) is 109 cm³/mol. The average molecular weight is 421 g/mol. The van der Waals surface area contributed by atoms with E-state index in [1.807, 2.05) is 0 Å². The van der Waals surface area contributed by atoms with E-state index in [1.165, 1.54) is 30.6 Å². The van der Waals surface area contributed by atoms with Crippen LogP contribution in [0.25, 0.3) is 28.0 Å². The Hall–Kier alpha value is -3.92. The highest BCUT2D eigenvalue weighted by Gasteiger charge is 2.23. The third kappa shape index (κ3) is 3.55. The lowest BCUT2D eigenvalue weighted by molar-refractivity contribution is 0.592. The third-order valence-electron chi connectivity index (χ3n) is 4.36. The summed E-state index contributed by atoms with van der Waals surface area (Å²) < 4.78 is 41.0. The van der Waals surface area contributed by atoms with Crippen LogP contribution >= 0.6 is 0 Å². The van der Waals surface area contributed by atoms with Gasteiger partial charge in [-0.15, -0.1) is 0 Å². The molecule has 0 radical (unpaired) electrons. The highest BCUT2D eigenvalue weighted by molar-refractivity contribution is 7.91. The Labute approximate surface area is 171 Å². The molecule has 0 aliphatic carbocycles. The molecule has 2 aromatic heterocycles. The minimum absolute atomic E-state index is 0.0499. The smallest absolute Gasteiger partial charge is 0.224 e. The molecule has 0 amide bonds. The van der Waals surface area contributed by atoms with Crippen molar-refractivity contribution in [3.8, 4) is 22.3 Å². The van der Waals surface area contributed by atoms with Crippen LogP contribution in [0.4, 0.5) is 16.2 Å². The van der Waals surface area contributed by atoms with Gasteiger partial charge in [-0.25, -0.2) is 27.8 Å². The molecule has 0 spiro atoms. The number of nitrogens with two attached hydrogens (primary N) is 1. The molecule has 4 aromatic rings. The van der Waals surface area contributed by atoms with E-state index < -0.39 is 15.7 Å². The van der Waals surface area contributed by atoms with Crippen LogP contribution in [0.1, 0.15) is 0 Å². The first-order chi connectivity index (χ1) is 14.4. The molecule has 4 rings (SSSR count). The molecule has 0 atom stereocenters. The quantitative estimate of drug-likeness (QED) is 0.494. The number of rotatable bonds is 4. The van der Waals surface area contributed by atoms with Crippen molar-refractivity contribution in [2.75, 3.05) is 5.73 Å². The van der Waals surface area contributed by atoms with Gasteiger partial charge in [0.25, 0.3) is 0 Å². The van der Waals surface area contributed by atoms with Crippen molar-refractivity contribution in [3.05, 3.63) is 78.8 Å². The molecule has 0 aliphatic rings. The van der Waals surface area contributed by atoms with Crippen molar-refractivity contribution < 1.29 is 12.8 Å². The SMILES string of the molecule is [NH-]c1cc(S(=O)(=O)c2ccccc2-c2ccc(-c3cnc(N)nc3)c(F)c2)ncn1. The Bertz CT molecular complexity index is 1340. The number of hydrogen-bond acceptors (Lipinski definition) is 7. The molecule has 150 valence electrons. The summed E-state index contributed by atoms with van der Waals surface area (Å²) in [6.45, 7) is 0. The van der Waals surface area contributed by atoms with E-state index in [0.29, 0.717) is 16.7 Å². The number of nitrogen functional groups attached to an aromatic ring is 1. The van der Waals surface area contributed by atoms with Crippen LogP contribution in [0.15, 0.2) is 77.2 Å². The number of sulfone groups is 1. The average Bonchev–Trinajstić information content (AvgIpc) is 2.74. The molecule has 0 bridgehead atoms. The van der Waals surface area contributed by atoms with Gasteiger partial charge in [-0.3, -0.25) is 0 Å². The molecule has 10 heteroatoms. The molecule has 0 fully saturated rings. The first-order valence-electron chi connectivity index (χ1n) is 8.62. The summed E-state index contributed by atoms with van der Waals surface area (Å²) in [7, 11) is -4.05. The Morgan fingerprint density at radius 2 is 1.60 bits per heavy atom. The van der Waals surface area contributed by atoms with E-state index in [1.54, 1.807) is 24.3 Å². The topological polar surface area (TPSA) is 136 Å². The van der Waals surface area contributed by atoms with Gasteiger partial charge < -0.3 is 16.5 Å². The number of halogens is 1. The zero-order chi connectivity index (χ0) is 21.3. The first-order valence-corrected chi connectivity index (χ1v) is 10.1. The summed E-state index contributed by atoms with van der Waals surface area (Å²) in [5.74, 6) is -0.707. The summed E-state index contributed by atoms with van der Waals surface area (Å²) in [5.41, 5.74) is 14.4. The van der Waals surface area contributed by atoms with Crippen LogP contribution in [-0.4, -0.2) is 28.4 Å². The second kappa shape index (κ2) is 7.48. The van der Waals surface area contributed by atoms with Gasteiger partial charge in [-0.1, -0.05) is 36.1 Å². The normalized spacial score (nSPS) is 11.4. The fraction of sp³-hybridized carbons (Fsp3) is 0. The van der Waals surface area contributed by atoms with Crippen LogP contribution in [0.5, 0.6) is 0 Å². The number of anilines is 1. The molecule has 30 heavy (non-hydrogen) atoms.